The molecule has 0 atom stereocenters. The molecule has 0 aliphatic heterocycles. The monoisotopic (exact) mass is 352 g/mol. The molecular weight excluding hydrogens is 340 g/mol. The number of benzene rings is 1. The second-order valence-electron chi connectivity index (χ2n) is 4.38. The maximum absolute atomic E-state index is 11.7. The lowest BCUT2D eigenvalue weighted by molar-refractivity contribution is -0.385. The van der Waals surface area contributed by atoms with Crippen molar-refractivity contribution in [1.82, 2.24) is 15.1 Å². The van der Waals surface area contributed by atoms with Gasteiger partial charge in [0.1, 0.15) is 12.4 Å². The van der Waals surface area contributed by atoms with Crippen molar-refractivity contribution >= 4 is 27.5 Å². The van der Waals surface area contributed by atoms with Crippen molar-refractivity contribution in [2.45, 2.75) is 19.5 Å². The standard InChI is InChI=1S/C13H13BrN4O3/c14-11-3-1-2-10(6-11)7-15-13(19)4-5-17-9-12(8-16-17)18(20)21/h1-3,6,8-9H,4-5,7H2,(H,15,19). The highest BCUT2D eigenvalue weighted by atomic mass is 79.9. The van der Waals surface area contributed by atoms with Crippen LogP contribution in [0.25, 0.3) is 0 Å². The first-order valence-electron chi connectivity index (χ1n) is 6.22. The summed E-state index contributed by atoms with van der Waals surface area (Å²) in [6.45, 7) is 0.746. The summed E-state index contributed by atoms with van der Waals surface area (Å²) in [7, 11) is 0. The van der Waals surface area contributed by atoms with Crippen molar-refractivity contribution in [2.24, 2.45) is 0 Å². The van der Waals surface area contributed by atoms with Gasteiger partial charge in [0.25, 0.3) is 0 Å². The number of hydrogen-bond acceptors (Lipinski definition) is 4. The van der Waals surface area contributed by atoms with Gasteiger partial charge in [-0.05, 0) is 17.7 Å². The molecule has 0 unspecified atom stereocenters. The van der Waals surface area contributed by atoms with Crippen LogP contribution in [0.4, 0.5) is 5.69 Å². The zero-order chi connectivity index (χ0) is 15.2. The summed E-state index contributed by atoms with van der Waals surface area (Å²) in [6.07, 6.45) is 2.69. The normalized spacial score (nSPS) is 10.3. The minimum atomic E-state index is -0.517. The molecular formula is C13H13BrN4O3. The number of amides is 1. The van der Waals surface area contributed by atoms with E-state index in [0.29, 0.717) is 13.1 Å². The van der Waals surface area contributed by atoms with Crippen molar-refractivity contribution in [1.29, 1.82) is 0 Å². The molecule has 1 amide bonds. The number of carbonyl (C=O) groups is 1. The molecule has 0 aliphatic carbocycles. The molecule has 8 heteroatoms. The van der Waals surface area contributed by atoms with Crippen LogP contribution in [0, 0.1) is 10.1 Å². The lowest BCUT2D eigenvalue weighted by atomic mass is 10.2. The Labute approximate surface area is 129 Å². The van der Waals surface area contributed by atoms with Crippen LogP contribution in [0.1, 0.15) is 12.0 Å². The molecule has 0 aliphatic rings. The van der Waals surface area contributed by atoms with Gasteiger partial charge in [0, 0.05) is 24.0 Å². The quantitative estimate of drug-likeness (QED) is 0.637. The summed E-state index contributed by atoms with van der Waals surface area (Å²) < 4.78 is 2.34. The third-order valence-corrected chi connectivity index (χ3v) is 3.27. The van der Waals surface area contributed by atoms with Crippen LogP contribution in [-0.2, 0) is 17.9 Å². The van der Waals surface area contributed by atoms with E-state index in [2.05, 4.69) is 26.3 Å². The zero-order valence-electron chi connectivity index (χ0n) is 11.0. The van der Waals surface area contributed by atoms with E-state index in [4.69, 9.17) is 0 Å². The molecule has 7 nitrogen and oxygen atoms in total. The molecule has 0 radical (unpaired) electrons. The van der Waals surface area contributed by atoms with Crippen molar-refractivity contribution < 1.29 is 9.72 Å². The Bertz CT molecular complexity index is 656. The van der Waals surface area contributed by atoms with Crippen LogP contribution in [0.3, 0.4) is 0 Å². The van der Waals surface area contributed by atoms with E-state index in [1.54, 1.807) is 0 Å². The van der Waals surface area contributed by atoms with E-state index in [1.165, 1.54) is 17.1 Å². The smallest absolute Gasteiger partial charge is 0.306 e. The van der Waals surface area contributed by atoms with E-state index >= 15 is 0 Å². The minimum absolute atomic E-state index is 0.0791. The van der Waals surface area contributed by atoms with Crippen LogP contribution in [-0.4, -0.2) is 20.6 Å². The molecule has 0 spiro atoms. The van der Waals surface area contributed by atoms with E-state index in [0.717, 1.165) is 10.0 Å². The summed E-state index contributed by atoms with van der Waals surface area (Å²) in [6, 6.07) is 7.66. The zero-order valence-corrected chi connectivity index (χ0v) is 12.6. The first-order valence-corrected chi connectivity index (χ1v) is 7.02. The van der Waals surface area contributed by atoms with Gasteiger partial charge >= 0.3 is 5.69 Å². The van der Waals surface area contributed by atoms with Gasteiger partial charge in [-0.15, -0.1) is 0 Å². The second-order valence-corrected chi connectivity index (χ2v) is 5.29. The van der Waals surface area contributed by atoms with E-state index in [1.807, 2.05) is 24.3 Å². The molecule has 2 rings (SSSR count). The van der Waals surface area contributed by atoms with Gasteiger partial charge in [0.15, 0.2) is 0 Å². The Hall–Kier alpha value is -2.22. The predicted molar refractivity (Wildman–Crippen MR) is 79.5 cm³/mol. The molecule has 21 heavy (non-hydrogen) atoms. The highest BCUT2D eigenvalue weighted by Gasteiger charge is 2.09. The van der Waals surface area contributed by atoms with Gasteiger partial charge in [0.05, 0.1) is 4.92 Å². The molecule has 0 saturated carbocycles. The van der Waals surface area contributed by atoms with Crippen LogP contribution in [0.2, 0.25) is 0 Å². The molecule has 0 bridgehead atoms. The minimum Gasteiger partial charge on any atom is -0.352 e. The Balaban J connectivity index is 1.78. The average molecular weight is 353 g/mol. The second kappa shape index (κ2) is 6.98. The summed E-state index contributed by atoms with van der Waals surface area (Å²) in [5.41, 5.74) is 0.914. The third-order valence-electron chi connectivity index (χ3n) is 2.78. The predicted octanol–water partition coefficient (Wildman–Crippen LogP) is 2.26. The lowest BCUT2D eigenvalue weighted by Gasteiger charge is -2.05. The number of rotatable bonds is 6. The number of carbonyl (C=O) groups excluding carboxylic acids is 1. The number of nitro groups is 1. The summed E-state index contributed by atoms with van der Waals surface area (Å²) >= 11 is 3.37. The molecule has 1 N–H and O–H groups in total. The van der Waals surface area contributed by atoms with E-state index < -0.39 is 4.92 Å². The van der Waals surface area contributed by atoms with Gasteiger partial charge in [-0.3, -0.25) is 19.6 Å². The Morgan fingerprint density at radius 2 is 2.29 bits per heavy atom. The van der Waals surface area contributed by atoms with Gasteiger partial charge in [-0.1, -0.05) is 28.1 Å². The fraction of sp³-hybridized carbons (Fsp3) is 0.231. The Morgan fingerprint density at radius 3 is 2.95 bits per heavy atom. The van der Waals surface area contributed by atoms with Crippen LogP contribution in [0.5, 0.6) is 0 Å². The number of halogens is 1. The third kappa shape index (κ3) is 4.67. The topological polar surface area (TPSA) is 90.1 Å². The van der Waals surface area contributed by atoms with E-state index in [9.17, 15) is 14.9 Å². The summed E-state index contributed by atoms with van der Waals surface area (Å²) in [4.78, 5) is 21.7. The fourth-order valence-electron chi connectivity index (χ4n) is 1.72. The number of aromatic nitrogens is 2. The maximum atomic E-state index is 11.7. The van der Waals surface area contributed by atoms with Gasteiger partial charge in [-0.2, -0.15) is 5.10 Å². The maximum Gasteiger partial charge on any atom is 0.306 e. The number of nitrogens with zero attached hydrogens (tertiary/aromatic N) is 3. The van der Waals surface area contributed by atoms with Crippen molar-refractivity contribution in [3.63, 3.8) is 0 Å². The van der Waals surface area contributed by atoms with Crippen LogP contribution >= 0.6 is 15.9 Å². The number of hydrogen-bond donors (Lipinski definition) is 1. The summed E-state index contributed by atoms with van der Waals surface area (Å²) in [5.74, 6) is -0.131. The van der Waals surface area contributed by atoms with Crippen molar-refractivity contribution in [2.75, 3.05) is 0 Å². The SMILES string of the molecule is O=C(CCn1cc([N+](=O)[O-])cn1)NCc1cccc(Br)c1. The molecule has 110 valence electrons. The molecule has 0 saturated heterocycles. The molecule has 2 aromatic rings. The van der Waals surface area contributed by atoms with Crippen LogP contribution in [0.15, 0.2) is 41.1 Å². The average Bonchev–Trinajstić information content (AvgIpc) is 2.92. The van der Waals surface area contributed by atoms with E-state index in [-0.39, 0.29) is 18.0 Å². The lowest BCUT2D eigenvalue weighted by Crippen LogP contribution is -2.24. The molecule has 1 aromatic heterocycles. The first-order chi connectivity index (χ1) is 10.0. The number of aryl methyl sites for hydroxylation is 1. The highest BCUT2D eigenvalue weighted by molar-refractivity contribution is 9.10. The Kier molecular flexibility index (Phi) is 5.04. The first kappa shape index (κ1) is 15.2. The van der Waals surface area contributed by atoms with Gasteiger partial charge < -0.3 is 5.32 Å². The Morgan fingerprint density at radius 1 is 1.48 bits per heavy atom. The molecule has 1 aromatic carbocycles. The molecule has 1 heterocycles. The molecule has 0 fully saturated rings. The number of nitrogens with one attached hydrogen (secondary N) is 1. The van der Waals surface area contributed by atoms with Gasteiger partial charge in [-0.25, -0.2) is 0 Å². The largest absolute Gasteiger partial charge is 0.352 e. The van der Waals surface area contributed by atoms with Crippen LogP contribution < -0.4 is 5.32 Å². The van der Waals surface area contributed by atoms with Gasteiger partial charge in [0.2, 0.25) is 5.91 Å². The fourth-order valence-corrected chi connectivity index (χ4v) is 2.17. The highest BCUT2D eigenvalue weighted by Crippen LogP contribution is 2.11. The summed E-state index contributed by atoms with van der Waals surface area (Å²) in [5, 5.41) is 17.1. The van der Waals surface area contributed by atoms with Crippen molar-refractivity contribution in [3.05, 3.63) is 56.8 Å². The van der Waals surface area contributed by atoms with Crippen molar-refractivity contribution in [3.8, 4) is 0 Å².